The number of nitrogens with zero attached hydrogens (tertiary/aromatic N) is 1. The van der Waals surface area contributed by atoms with E-state index in [-0.39, 0.29) is 18.7 Å². The van der Waals surface area contributed by atoms with E-state index < -0.39 is 6.10 Å². The van der Waals surface area contributed by atoms with E-state index in [1.807, 2.05) is 38.1 Å². The lowest BCUT2D eigenvalue weighted by Crippen LogP contribution is -2.43. The van der Waals surface area contributed by atoms with Gasteiger partial charge in [-0.2, -0.15) is 0 Å². The van der Waals surface area contributed by atoms with Gasteiger partial charge >= 0.3 is 6.03 Å². The topological polar surface area (TPSA) is 61.8 Å². The van der Waals surface area contributed by atoms with Crippen molar-refractivity contribution in [2.75, 3.05) is 13.1 Å². The van der Waals surface area contributed by atoms with Gasteiger partial charge in [0.25, 0.3) is 0 Å². The van der Waals surface area contributed by atoms with E-state index in [2.05, 4.69) is 5.48 Å². The van der Waals surface area contributed by atoms with Gasteiger partial charge in [0.1, 0.15) is 0 Å². The summed E-state index contributed by atoms with van der Waals surface area (Å²) in [5.41, 5.74) is 4.48. The van der Waals surface area contributed by atoms with E-state index >= 15 is 0 Å². The van der Waals surface area contributed by atoms with Gasteiger partial charge in [0.2, 0.25) is 0 Å². The molecule has 0 spiro atoms. The van der Waals surface area contributed by atoms with Gasteiger partial charge in [-0.05, 0) is 32.3 Å². The molecule has 122 valence electrons. The molecule has 0 saturated heterocycles. The zero-order chi connectivity index (χ0) is 15.9. The summed E-state index contributed by atoms with van der Waals surface area (Å²) >= 11 is 0. The summed E-state index contributed by atoms with van der Waals surface area (Å²) < 4.78 is 0. The van der Waals surface area contributed by atoms with E-state index in [1.165, 1.54) is 0 Å². The van der Waals surface area contributed by atoms with E-state index in [1.54, 1.807) is 4.90 Å². The molecule has 1 aromatic carbocycles. The van der Waals surface area contributed by atoms with Crippen LogP contribution in [0.3, 0.4) is 0 Å². The summed E-state index contributed by atoms with van der Waals surface area (Å²) in [6.45, 7) is 4.65. The predicted molar refractivity (Wildman–Crippen MR) is 85.3 cm³/mol. The maximum Gasteiger partial charge on any atom is 0.341 e. The van der Waals surface area contributed by atoms with Gasteiger partial charge < -0.3 is 10.0 Å². The van der Waals surface area contributed by atoms with Crippen molar-refractivity contribution in [3.05, 3.63) is 35.4 Å². The number of likely N-dealkylation sites (N-methyl/N-ethyl adjacent to an activating group) is 1. The SMILES string of the molecule is CCN(CC(O)c1ccc(C)cc1)C(=O)NOC1CCCC1. The second-order valence-corrected chi connectivity index (χ2v) is 5.90. The highest BCUT2D eigenvalue weighted by Gasteiger charge is 2.20. The third-order valence-corrected chi connectivity index (χ3v) is 4.14. The van der Waals surface area contributed by atoms with Crippen LogP contribution in [0.2, 0.25) is 0 Å². The van der Waals surface area contributed by atoms with Gasteiger partial charge in [-0.1, -0.05) is 42.7 Å². The van der Waals surface area contributed by atoms with Crippen LogP contribution in [0.1, 0.15) is 49.8 Å². The number of carbonyl (C=O) groups is 1. The maximum atomic E-state index is 12.1. The molecule has 5 heteroatoms. The molecule has 2 amide bonds. The number of nitrogens with one attached hydrogen (secondary N) is 1. The average molecular weight is 306 g/mol. The quantitative estimate of drug-likeness (QED) is 0.794. The van der Waals surface area contributed by atoms with E-state index in [0.717, 1.165) is 36.8 Å². The molecule has 1 aromatic rings. The van der Waals surface area contributed by atoms with Crippen LogP contribution in [-0.2, 0) is 4.84 Å². The largest absolute Gasteiger partial charge is 0.387 e. The molecule has 2 rings (SSSR count). The third kappa shape index (κ3) is 4.71. The van der Waals surface area contributed by atoms with Crippen LogP contribution in [0.15, 0.2) is 24.3 Å². The number of benzene rings is 1. The van der Waals surface area contributed by atoms with Crippen molar-refractivity contribution in [1.29, 1.82) is 0 Å². The standard InChI is InChI=1S/C17H26N2O3/c1-3-19(17(21)18-22-15-6-4-5-7-15)12-16(20)14-10-8-13(2)9-11-14/h8-11,15-16,20H,3-7,12H2,1-2H3,(H,18,21). The van der Waals surface area contributed by atoms with Crippen molar-refractivity contribution in [1.82, 2.24) is 10.4 Å². The summed E-state index contributed by atoms with van der Waals surface area (Å²) in [7, 11) is 0. The Labute approximate surface area is 132 Å². The normalized spacial score (nSPS) is 16.5. The van der Waals surface area contributed by atoms with E-state index in [4.69, 9.17) is 4.84 Å². The lowest BCUT2D eigenvalue weighted by molar-refractivity contribution is -0.0104. The summed E-state index contributed by atoms with van der Waals surface area (Å²) in [5.74, 6) is 0. The molecule has 0 radical (unpaired) electrons. The molecule has 5 nitrogen and oxygen atoms in total. The summed E-state index contributed by atoms with van der Waals surface area (Å²) in [6, 6.07) is 7.40. The lowest BCUT2D eigenvalue weighted by Gasteiger charge is -2.25. The van der Waals surface area contributed by atoms with Gasteiger partial charge in [-0.3, -0.25) is 4.84 Å². The molecule has 1 aliphatic carbocycles. The minimum absolute atomic E-state index is 0.129. The predicted octanol–water partition coefficient (Wildman–Crippen LogP) is 2.93. The van der Waals surface area contributed by atoms with Gasteiger partial charge in [-0.25, -0.2) is 10.3 Å². The van der Waals surface area contributed by atoms with Crippen molar-refractivity contribution in [2.45, 2.75) is 51.7 Å². The molecule has 0 bridgehead atoms. The van der Waals surface area contributed by atoms with Crippen LogP contribution >= 0.6 is 0 Å². The fourth-order valence-electron chi connectivity index (χ4n) is 2.66. The Morgan fingerprint density at radius 1 is 1.36 bits per heavy atom. The Hall–Kier alpha value is -1.59. The molecule has 0 aliphatic heterocycles. The van der Waals surface area contributed by atoms with Gasteiger partial charge in [0.15, 0.2) is 0 Å². The first-order chi connectivity index (χ1) is 10.6. The van der Waals surface area contributed by atoms with Crippen LogP contribution in [-0.4, -0.2) is 35.2 Å². The first kappa shape index (κ1) is 16.8. The number of aliphatic hydroxyl groups excluding tert-OH is 1. The first-order valence-electron chi connectivity index (χ1n) is 8.05. The molecule has 1 fully saturated rings. The highest BCUT2D eigenvalue weighted by Crippen LogP contribution is 2.20. The smallest absolute Gasteiger partial charge is 0.341 e. The summed E-state index contributed by atoms with van der Waals surface area (Å²) in [5, 5.41) is 10.3. The highest BCUT2D eigenvalue weighted by molar-refractivity contribution is 5.73. The number of hydroxylamine groups is 1. The van der Waals surface area contributed by atoms with Gasteiger partial charge in [0.05, 0.1) is 18.8 Å². The zero-order valence-electron chi connectivity index (χ0n) is 13.4. The molecular formula is C17H26N2O3. The second kappa shape index (κ2) is 8.15. The molecule has 2 N–H and O–H groups in total. The van der Waals surface area contributed by atoms with Crippen molar-refractivity contribution < 1.29 is 14.7 Å². The third-order valence-electron chi connectivity index (χ3n) is 4.14. The molecule has 1 atom stereocenters. The molecule has 1 saturated carbocycles. The number of hydrogen-bond donors (Lipinski definition) is 2. The molecule has 0 heterocycles. The molecule has 1 unspecified atom stereocenters. The van der Waals surface area contributed by atoms with Crippen LogP contribution in [0.25, 0.3) is 0 Å². The number of carbonyl (C=O) groups excluding carboxylic acids is 1. The Balaban J connectivity index is 1.84. The lowest BCUT2D eigenvalue weighted by atomic mass is 10.1. The van der Waals surface area contributed by atoms with Crippen LogP contribution in [0.5, 0.6) is 0 Å². The number of aliphatic hydroxyl groups is 1. The van der Waals surface area contributed by atoms with Crippen molar-refractivity contribution >= 4 is 6.03 Å². The highest BCUT2D eigenvalue weighted by atomic mass is 16.7. The van der Waals surface area contributed by atoms with Crippen molar-refractivity contribution in [2.24, 2.45) is 0 Å². The number of rotatable bonds is 6. The van der Waals surface area contributed by atoms with Crippen molar-refractivity contribution in [3.8, 4) is 0 Å². The summed E-state index contributed by atoms with van der Waals surface area (Å²) in [6.07, 6.45) is 3.74. The molecule has 22 heavy (non-hydrogen) atoms. The molecular weight excluding hydrogens is 280 g/mol. The zero-order valence-corrected chi connectivity index (χ0v) is 13.4. The fourth-order valence-corrected chi connectivity index (χ4v) is 2.66. The van der Waals surface area contributed by atoms with Crippen molar-refractivity contribution in [3.63, 3.8) is 0 Å². The van der Waals surface area contributed by atoms with Gasteiger partial charge in [-0.15, -0.1) is 0 Å². The first-order valence-corrected chi connectivity index (χ1v) is 8.05. The number of aryl methyl sites for hydroxylation is 1. The number of amides is 2. The van der Waals surface area contributed by atoms with E-state index in [0.29, 0.717) is 6.54 Å². The Morgan fingerprint density at radius 3 is 2.59 bits per heavy atom. The Bertz CT molecular complexity index is 469. The average Bonchev–Trinajstić information content (AvgIpc) is 3.04. The monoisotopic (exact) mass is 306 g/mol. The van der Waals surface area contributed by atoms with Gasteiger partial charge in [0, 0.05) is 6.54 Å². The minimum atomic E-state index is -0.696. The summed E-state index contributed by atoms with van der Waals surface area (Å²) in [4.78, 5) is 19.1. The van der Waals surface area contributed by atoms with Crippen LogP contribution in [0.4, 0.5) is 4.79 Å². The van der Waals surface area contributed by atoms with Crippen LogP contribution in [0, 0.1) is 6.92 Å². The Morgan fingerprint density at radius 2 is 2.00 bits per heavy atom. The van der Waals surface area contributed by atoms with Crippen LogP contribution < -0.4 is 5.48 Å². The maximum absolute atomic E-state index is 12.1. The second-order valence-electron chi connectivity index (χ2n) is 5.90. The molecule has 1 aliphatic rings. The fraction of sp³-hybridized carbons (Fsp3) is 0.588. The number of urea groups is 1. The molecule has 0 aromatic heterocycles. The van der Waals surface area contributed by atoms with E-state index in [9.17, 15) is 9.90 Å². The minimum Gasteiger partial charge on any atom is -0.387 e. The number of hydrogen-bond acceptors (Lipinski definition) is 3. The Kier molecular flexibility index (Phi) is 6.21.